The normalized spacial score (nSPS) is 13.2. The predicted octanol–water partition coefficient (Wildman–Crippen LogP) is 12.8. The Morgan fingerprint density at radius 1 is 0.331 bits per heavy atom. The molecule has 712 valence electrons. The van der Waals surface area contributed by atoms with E-state index >= 15 is 0 Å². The largest absolute Gasteiger partial charge is 0.507 e. The van der Waals surface area contributed by atoms with Gasteiger partial charge >= 0.3 is 35.8 Å². The van der Waals surface area contributed by atoms with Crippen LogP contribution in [0.4, 0.5) is 22.7 Å². The van der Waals surface area contributed by atoms with Gasteiger partial charge in [0.25, 0.3) is 82.7 Å². The highest BCUT2D eigenvalue weighted by Crippen LogP contribution is 2.40. The van der Waals surface area contributed by atoms with Gasteiger partial charge < -0.3 is 50.3 Å². The number of rotatable bonds is 16. The number of aromatic carboxylic acids is 6. The molecular formula is C108H65N7O30. The molecule has 13 aromatic carbocycles. The maximum atomic E-state index is 12.9. The lowest BCUT2D eigenvalue weighted by atomic mass is 10.1. The highest BCUT2D eigenvalue weighted by atomic mass is 16.5. The van der Waals surface area contributed by atoms with Crippen molar-refractivity contribution >= 4 is 163 Å². The SMILES string of the molecule is C#CCN1C(=O)c2ccc(C(=O)O)cc2C1=O.C#CCOc1ccc2c(N3C(=O)c4ccc(C(=O)O)cc4C3=O)cccc2c1.C#Cc1ccc(N2C(=O)c3ccc(C(=O)O)cc3C2=O)cc1.C#Cc1ccc2c(c1)C(=O)NC2=O.C=CCN1C(=O)c2ccc(C(=O)O)cc2C1=O.COc1ccc(N2C(=O)c3ccc(C(=O)O)cc3C2=O)cc1O.O=C(O)c1ccc2c(c1)C(=O)N(c1ccc3c(O)cccc3c1)C2=O. The number of phenolic OH excluding ortho intramolecular Hbond substituents is 2. The van der Waals surface area contributed by atoms with Gasteiger partial charge in [-0.3, -0.25) is 82.2 Å². The third-order valence-corrected chi connectivity index (χ3v) is 22.6. The number of amides is 14. The Hall–Kier alpha value is -21.6. The van der Waals surface area contributed by atoms with Crippen molar-refractivity contribution in [3.63, 3.8) is 0 Å². The lowest BCUT2D eigenvalue weighted by molar-refractivity contribution is 0.0657. The van der Waals surface area contributed by atoms with Gasteiger partial charge in [0.15, 0.2) is 11.5 Å². The number of anilines is 4. The van der Waals surface area contributed by atoms with E-state index in [4.69, 9.17) is 65.8 Å². The average molecular weight is 1940 g/mol. The number of ether oxygens (including phenoxy) is 2. The van der Waals surface area contributed by atoms with E-state index < -0.39 is 107 Å². The molecule has 0 atom stereocenters. The number of methoxy groups -OCH3 is 1. The molecular weight excluding hydrogens is 1880 g/mol. The van der Waals surface area contributed by atoms with Crippen LogP contribution in [0.3, 0.4) is 0 Å². The van der Waals surface area contributed by atoms with E-state index in [1.54, 1.807) is 103 Å². The van der Waals surface area contributed by atoms with Crippen molar-refractivity contribution < 1.29 is 146 Å². The first-order valence-electron chi connectivity index (χ1n) is 42.1. The van der Waals surface area contributed by atoms with Crippen LogP contribution >= 0.6 is 0 Å². The first kappa shape index (κ1) is 99.3. The summed E-state index contributed by atoms with van der Waals surface area (Å²) in [5.74, 6) is -3.83. The van der Waals surface area contributed by atoms with Crippen LogP contribution in [0.1, 0.15) is 218 Å². The molecule has 0 aliphatic carbocycles. The second-order valence-corrected chi connectivity index (χ2v) is 31.2. The van der Waals surface area contributed by atoms with Gasteiger partial charge in [0.05, 0.1) is 148 Å². The van der Waals surface area contributed by atoms with Crippen molar-refractivity contribution in [3.8, 4) is 72.4 Å². The third kappa shape index (κ3) is 19.4. The fourth-order valence-corrected chi connectivity index (χ4v) is 15.6. The monoisotopic (exact) mass is 1940 g/mol. The molecule has 0 unspecified atom stereocenters. The number of nitrogens with one attached hydrogen (secondary N) is 1. The van der Waals surface area contributed by atoms with Crippen LogP contribution in [0, 0.1) is 49.4 Å². The van der Waals surface area contributed by atoms with E-state index in [-0.39, 0.29) is 155 Å². The van der Waals surface area contributed by atoms with Gasteiger partial charge in [-0.1, -0.05) is 54.0 Å². The van der Waals surface area contributed by atoms with Gasteiger partial charge in [-0.05, 0) is 223 Å². The van der Waals surface area contributed by atoms with Crippen molar-refractivity contribution in [1.82, 2.24) is 15.1 Å². The number of hydrogen-bond donors (Lipinski definition) is 9. The first-order chi connectivity index (χ1) is 69.3. The summed E-state index contributed by atoms with van der Waals surface area (Å²) in [6.45, 7) is 3.60. The van der Waals surface area contributed by atoms with Crippen LogP contribution in [-0.2, 0) is 0 Å². The number of fused-ring (bicyclic) bond motifs is 9. The Morgan fingerprint density at radius 3 is 1.11 bits per heavy atom. The summed E-state index contributed by atoms with van der Waals surface area (Å²) in [7, 11) is 1.38. The van der Waals surface area contributed by atoms with Crippen LogP contribution < -0.4 is 34.4 Å². The summed E-state index contributed by atoms with van der Waals surface area (Å²) in [6.07, 6.45) is 22.1. The summed E-state index contributed by atoms with van der Waals surface area (Å²) in [5.41, 5.74) is 4.65. The van der Waals surface area contributed by atoms with Crippen molar-refractivity contribution in [1.29, 1.82) is 0 Å². The third-order valence-electron chi connectivity index (χ3n) is 22.6. The minimum Gasteiger partial charge on any atom is -0.507 e. The maximum Gasteiger partial charge on any atom is 0.335 e. The summed E-state index contributed by atoms with van der Waals surface area (Å²) in [4.78, 5) is 242. The molecule has 37 heteroatoms. The molecule has 7 heterocycles. The Morgan fingerprint density at radius 2 is 0.683 bits per heavy atom. The highest BCUT2D eigenvalue weighted by molar-refractivity contribution is 6.39. The molecule has 7 aliphatic heterocycles. The van der Waals surface area contributed by atoms with Crippen LogP contribution in [-0.4, -0.2) is 196 Å². The lowest BCUT2D eigenvalue weighted by Crippen LogP contribution is -2.29. The van der Waals surface area contributed by atoms with E-state index in [9.17, 15) is 106 Å². The Bertz CT molecular complexity index is 8210. The van der Waals surface area contributed by atoms with Crippen LogP contribution in [0.5, 0.6) is 23.0 Å². The topological polar surface area (TPSA) is 553 Å². The average Bonchev–Trinajstić information content (AvgIpc) is 1.62. The zero-order chi connectivity index (χ0) is 105. The van der Waals surface area contributed by atoms with Crippen molar-refractivity contribution in [3.05, 3.63) is 378 Å². The zero-order valence-electron chi connectivity index (χ0n) is 74.6. The molecule has 14 amide bonds. The van der Waals surface area contributed by atoms with Crippen LogP contribution in [0.15, 0.2) is 255 Å². The lowest BCUT2D eigenvalue weighted by Gasteiger charge is -2.17. The highest BCUT2D eigenvalue weighted by Gasteiger charge is 2.44. The van der Waals surface area contributed by atoms with Crippen molar-refractivity contribution in [2.45, 2.75) is 0 Å². The molecule has 0 spiro atoms. The Kier molecular flexibility index (Phi) is 28.2. The second kappa shape index (κ2) is 41.1. The molecule has 0 fully saturated rings. The number of benzene rings is 13. The number of carbonyl (C=O) groups is 20. The second-order valence-electron chi connectivity index (χ2n) is 31.2. The predicted molar refractivity (Wildman–Crippen MR) is 514 cm³/mol. The first-order valence-corrected chi connectivity index (χ1v) is 42.1. The van der Waals surface area contributed by atoms with E-state index in [1.165, 1.54) is 147 Å². The molecule has 0 bridgehead atoms. The van der Waals surface area contributed by atoms with Gasteiger partial charge in [0.1, 0.15) is 18.1 Å². The van der Waals surface area contributed by atoms with Crippen LogP contribution in [0.2, 0.25) is 0 Å². The quantitative estimate of drug-likeness (QED) is 0.0246. The van der Waals surface area contributed by atoms with Gasteiger partial charge in [-0.25, -0.2) is 48.4 Å². The number of carboxylic acid groups (broad SMARTS) is 6. The molecule has 20 rings (SSSR count). The number of nitrogens with zero attached hydrogens (tertiary/aromatic N) is 6. The number of terminal acetylenes is 4. The maximum absolute atomic E-state index is 12.9. The van der Waals surface area contributed by atoms with E-state index in [1.807, 2.05) is 6.07 Å². The summed E-state index contributed by atoms with van der Waals surface area (Å²) < 4.78 is 10.3. The number of phenols is 2. The molecule has 9 N–H and O–H groups in total. The molecule has 13 aromatic rings. The van der Waals surface area contributed by atoms with E-state index in [0.717, 1.165) is 34.8 Å². The minimum absolute atomic E-state index is 0.00893. The summed E-state index contributed by atoms with van der Waals surface area (Å²) in [6, 6.07) is 58.7. The standard InChI is InChI=1S/C22H13NO5.C19H11NO5.C17H9NO4.C16H11NO6.C12H9NO4.C12H7NO4.C10H5NO2/c1-2-10-28-15-7-9-16-13(11-15)4-3-5-19(16)23-20(24)17-8-6-14(22(26)27)12-18(17)21(23)25;21-16-3-1-2-10-8-12(5-7-13(10)16)20-17(22)14-6-4-11(19(24)25)9-15(14)18(20)23;1-2-10-3-6-12(7-4-10)18-15(19)13-8-5-11(17(21)22)9-14(13)16(18)20;1-23-13-5-3-9(7-12(13)18)17-14(19)10-4-2-8(16(21)22)6-11(10)15(17)20;2*1-2-5-13-10(14)8-4-3-7(12(16)17)6-9(8)11(13)15;1-2-6-3-4-7-8(5-6)10(13)11-9(7)12/h1,3-9,11-12H,10H2,(H,26,27);1-9,21H,(H,24,25);1,3-9H,(H,21,22);2-7,18H,1H3,(H,21,22);2-4,6H,1,5H2,(H,16,17);1,3-4,6H,5H2,(H,16,17);1,3-5H,(H,11,12,13). The smallest absolute Gasteiger partial charge is 0.335 e. The molecule has 0 radical (unpaired) electrons. The molecule has 37 nitrogen and oxygen atoms in total. The minimum atomic E-state index is -1.19. The van der Waals surface area contributed by atoms with Gasteiger partial charge in [0.2, 0.25) is 0 Å². The molecule has 145 heavy (non-hydrogen) atoms. The summed E-state index contributed by atoms with van der Waals surface area (Å²) >= 11 is 0. The zero-order valence-corrected chi connectivity index (χ0v) is 74.6. The molecule has 0 aromatic heterocycles. The van der Waals surface area contributed by atoms with E-state index in [0.29, 0.717) is 61.2 Å². The Balaban J connectivity index is 0.000000135. The number of hydrogen-bond acceptors (Lipinski definition) is 24. The van der Waals surface area contributed by atoms with Crippen molar-refractivity contribution in [2.75, 3.05) is 46.4 Å². The van der Waals surface area contributed by atoms with Gasteiger partial charge in [-0.15, -0.1) is 32.3 Å². The summed E-state index contributed by atoms with van der Waals surface area (Å²) in [5, 5.41) is 78.4. The van der Waals surface area contributed by atoms with E-state index in [2.05, 4.69) is 35.6 Å². The number of imide groups is 7. The fourth-order valence-electron chi connectivity index (χ4n) is 15.6. The van der Waals surface area contributed by atoms with Gasteiger partial charge in [-0.2, -0.15) is 0 Å². The van der Waals surface area contributed by atoms with Gasteiger partial charge in [0, 0.05) is 34.5 Å². The molecule has 7 aliphatic rings. The van der Waals surface area contributed by atoms with Crippen molar-refractivity contribution in [2.24, 2.45) is 0 Å². The number of aromatic hydroxyl groups is 2. The number of carboxylic acids is 6. The molecule has 0 saturated heterocycles. The fraction of sp³-hybridized carbons (Fsp3) is 0.0370. The molecule has 0 saturated carbocycles. The number of carbonyl (C=O) groups excluding carboxylic acids is 14. The van der Waals surface area contributed by atoms with Crippen LogP contribution in [0.25, 0.3) is 21.5 Å². The Labute approximate surface area is 816 Å².